The first-order chi connectivity index (χ1) is 8.56. The molecule has 8 heteroatoms. The smallest absolute Gasteiger partial charge is 0.394 e. The van der Waals surface area contributed by atoms with Gasteiger partial charge in [0.25, 0.3) is 0 Å². The first-order valence-corrected chi connectivity index (χ1v) is 5.18. The van der Waals surface area contributed by atoms with Gasteiger partial charge < -0.3 is 14.6 Å². The van der Waals surface area contributed by atoms with Crippen LogP contribution in [0.4, 0.5) is 0 Å². The van der Waals surface area contributed by atoms with Gasteiger partial charge in [-0.05, 0) is 13.8 Å². The monoisotopic (exact) mass is 247 g/mol. The van der Waals surface area contributed by atoms with Gasteiger partial charge in [-0.2, -0.15) is 4.98 Å². The Kier molecular flexibility index (Phi) is 2.00. The third kappa shape index (κ3) is 1.39. The summed E-state index contributed by atoms with van der Waals surface area (Å²) in [4.78, 5) is 21.8. The summed E-state index contributed by atoms with van der Waals surface area (Å²) in [5.74, 6) is -0.884. The molecule has 0 aliphatic rings. The van der Waals surface area contributed by atoms with Crippen molar-refractivity contribution in [3.05, 3.63) is 23.5 Å². The zero-order chi connectivity index (χ0) is 12.9. The lowest BCUT2D eigenvalue weighted by molar-refractivity contribution is 0.0643. The van der Waals surface area contributed by atoms with Crippen molar-refractivity contribution in [2.75, 3.05) is 0 Å². The van der Waals surface area contributed by atoms with Crippen molar-refractivity contribution in [1.29, 1.82) is 0 Å². The Hall–Kier alpha value is -2.64. The van der Waals surface area contributed by atoms with E-state index < -0.39 is 11.9 Å². The molecule has 0 unspecified atom stereocenters. The van der Waals surface area contributed by atoms with Crippen molar-refractivity contribution in [2.45, 2.75) is 13.8 Å². The molecule has 3 heterocycles. The van der Waals surface area contributed by atoms with Crippen LogP contribution in [0.15, 0.2) is 10.7 Å². The molecule has 3 aromatic rings. The Labute approximate surface area is 100 Å². The van der Waals surface area contributed by atoms with E-state index in [1.54, 1.807) is 0 Å². The van der Waals surface area contributed by atoms with E-state index in [1.807, 2.05) is 24.4 Å². The molecule has 0 atom stereocenters. The molecule has 8 nitrogen and oxygen atoms in total. The maximum Gasteiger partial charge on any atom is 0.394 e. The van der Waals surface area contributed by atoms with Crippen molar-refractivity contribution >= 4 is 11.7 Å². The fourth-order valence-electron chi connectivity index (χ4n) is 1.78. The Bertz CT molecular complexity index is 751. The van der Waals surface area contributed by atoms with Gasteiger partial charge in [-0.15, -0.1) is 0 Å². The lowest BCUT2D eigenvalue weighted by atomic mass is 10.3. The summed E-state index contributed by atoms with van der Waals surface area (Å²) >= 11 is 0. The van der Waals surface area contributed by atoms with Gasteiger partial charge in [-0.25, -0.2) is 9.78 Å². The molecule has 0 spiro atoms. The van der Waals surface area contributed by atoms with Gasteiger partial charge in [0.05, 0.1) is 5.69 Å². The van der Waals surface area contributed by atoms with E-state index in [4.69, 9.17) is 5.11 Å². The summed E-state index contributed by atoms with van der Waals surface area (Å²) < 4.78 is 6.46. The molecule has 0 aliphatic carbocycles. The Morgan fingerprint density at radius 1 is 1.44 bits per heavy atom. The lowest BCUT2D eigenvalue weighted by Crippen LogP contribution is -1.96. The molecule has 0 fully saturated rings. The molecule has 0 aromatic carbocycles. The Balaban J connectivity index is 2.15. The fraction of sp³-hybridized carbons (Fsp3) is 0.200. The minimum Gasteiger partial charge on any atom is -0.474 e. The van der Waals surface area contributed by atoms with Gasteiger partial charge >= 0.3 is 11.9 Å². The highest BCUT2D eigenvalue weighted by Gasteiger charge is 2.19. The molecule has 3 aromatic heterocycles. The predicted molar refractivity (Wildman–Crippen MR) is 59.3 cm³/mol. The van der Waals surface area contributed by atoms with Crippen LogP contribution >= 0.6 is 0 Å². The number of hydrogen-bond acceptors (Lipinski definition) is 5. The van der Waals surface area contributed by atoms with Crippen LogP contribution in [-0.4, -0.2) is 35.6 Å². The molecule has 92 valence electrons. The van der Waals surface area contributed by atoms with E-state index >= 15 is 0 Å². The van der Waals surface area contributed by atoms with Gasteiger partial charge in [-0.3, -0.25) is 4.40 Å². The summed E-state index contributed by atoms with van der Waals surface area (Å²) in [5, 5.41) is 12.3. The highest BCUT2D eigenvalue weighted by atomic mass is 16.5. The van der Waals surface area contributed by atoms with Crippen LogP contribution < -0.4 is 0 Å². The quantitative estimate of drug-likeness (QED) is 0.699. The number of aryl methyl sites for hydroxylation is 2. The molecule has 0 saturated heterocycles. The number of fused-ring (bicyclic) bond motifs is 1. The van der Waals surface area contributed by atoms with Gasteiger partial charge in [0.2, 0.25) is 11.6 Å². The summed E-state index contributed by atoms with van der Waals surface area (Å²) in [6.45, 7) is 3.77. The van der Waals surface area contributed by atoms with Crippen LogP contribution in [0.25, 0.3) is 17.3 Å². The third-order valence-corrected chi connectivity index (χ3v) is 2.60. The van der Waals surface area contributed by atoms with Crippen LogP contribution in [0.1, 0.15) is 22.1 Å². The largest absolute Gasteiger partial charge is 0.474 e. The Morgan fingerprint density at radius 3 is 2.83 bits per heavy atom. The average molecular weight is 247 g/mol. The minimum absolute atomic E-state index is 0.166. The predicted octanol–water partition coefficient (Wildman–Crippen LogP) is 1.03. The Morgan fingerprint density at radius 2 is 2.22 bits per heavy atom. The normalized spacial score (nSPS) is 11.2. The number of H-pyrrole nitrogens is 1. The maximum atomic E-state index is 10.7. The second kappa shape index (κ2) is 3.42. The van der Waals surface area contributed by atoms with Crippen LogP contribution in [0.5, 0.6) is 0 Å². The molecular formula is C10H9N5O3. The van der Waals surface area contributed by atoms with E-state index in [-0.39, 0.29) is 5.82 Å². The van der Waals surface area contributed by atoms with Crippen LogP contribution in [0, 0.1) is 13.8 Å². The zero-order valence-corrected chi connectivity index (χ0v) is 9.63. The van der Waals surface area contributed by atoms with E-state index in [0.29, 0.717) is 11.5 Å². The summed E-state index contributed by atoms with van der Waals surface area (Å²) in [5.41, 5.74) is 2.29. The second-order valence-corrected chi connectivity index (χ2v) is 3.90. The average Bonchev–Trinajstić information content (AvgIpc) is 2.95. The van der Waals surface area contributed by atoms with Crippen molar-refractivity contribution < 1.29 is 14.4 Å². The van der Waals surface area contributed by atoms with Crippen molar-refractivity contribution in [3.63, 3.8) is 0 Å². The number of imidazole rings is 2. The molecular weight excluding hydrogens is 238 g/mol. The summed E-state index contributed by atoms with van der Waals surface area (Å²) in [6, 6.07) is 0. The van der Waals surface area contributed by atoms with Crippen LogP contribution in [-0.2, 0) is 0 Å². The molecule has 0 aliphatic heterocycles. The lowest BCUT2D eigenvalue weighted by Gasteiger charge is -1.90. The second-order valence-electron chi connectivity index (χ2n) is 3.90. The minimum atomic E-state index is -1.26. The van der Waals surface area contributed by atoms with Crippen molar-refractivity contribution in [3.8, 4) is 11.5 Å². The first-order valence-electron chi connectivity index (χ1n) is 5.18. The number of carboxylic acids is 1. The number of aromatic carboxylic acids is 1. The van der Waals surface area contributed by atoms with Crippen LogP contribution in [0.3, 0.4) is 0 Å². The number of rotatable bonds is 2. The molecule has 0 saturated carbocycles. The maximum absolute atomic E-state index is 10.7. The van der Waals surface area contributed by atoms with E-state index in [9.17, 15) is 4.79 Å². The molecule has 0 bridgehead atoms. The molecule has 0 radical (unpaired) electrons. The summed E-state index contributed by atoms with van der Waals surface area (Å²) in [6.07, 6.45) is 1.89. The van der Waals surface area contributed by atoms with Crippen LogP contribution in [0.2, 0.25) is 0 Å². The van der Waals surface area contributed by atoms with E-state index in [0.717, 1.165) is 11.4 Å². The standard InChI is InChI=1S/C10H9N5O3/c1-4-3-15-5(2)6(12-10(15)11-4)7-13-8(9(16)17)18-14-7/h3H,1-2H3,(H,11,12)(H,16,17). The molecule has 18 heavy (non-hydrogen) atoms. The number of hydrogen-bond donors (Lipinski definition) is 2. The van der Waals surface area contributed by atoms with Gasteiger partial charge in [0.15, 0.2) is 0 Å². The number of aromatic nitrogens is 5. The zero-order valence-electron chi connectivity index (χ0n) is 9.63. The topological polar surface area (TPSA) is 109 Å². The van der Waals surface area contributed by atoms with E-state index in [2.05, 4.69) is 24.6 Å². The van der Waals surface area contributed by atoms with Gasteiger partial charge in [-0.1, -0.05) is 5.16 Å². The van der Waals surface area contributed by atoms with Gasteiger partial charge in [0.1, 0.15) is 5.69 Å². The molecule has 2 N–H and O–H groups in total. The molecule has 3 rings (SSSR count). The number of aromatic amines is 1. The number of nitrogens with one attached hydrogen (secondary N) is 1. The summed E-state index contributed by atoms with van der Waals surface area (Å²) in [7, 11) is 0. The van der Waals surface area contributed by atoms with Crippen molar-refractivity contribution in [1.82, 2.24) is 24.5 Å². The third-order valence-electron chi connectivity index (χ3n) is 2.60. The highest BCUT2D eigenvalue weighted by Crippen LogP contribution is 2.21. The number of nitrogens with zero attached hydrogens (tertiary/aromatic N) is 4. The molecule has 0 amide bonds. The highest BCUT2D eigenvalue weighted by molar-refractivity contribution is 5.82. The van der Waals surface area contributed by atoms with Crippen molar-refractivity contribution in [2.24, 2.45) is 0 Å². The SMILES string of the molecule is Cc1cn2c(C)c(-c3noc(C(=O)O)n3)nc2[nH]1. The van der Waals surface area contributed by atoms with Gasteiger partial charge in [0, 0.05) is 11.9 Å². The number of carboxylic acid groups (broad SMARTS) is 1. The fourth-order valence-corrected chi connectivity index (χ4v) is 1.78. The number of carbonyl (C=O) groups is 1. The first kappa shape index (κ1) is 10.5. The van der Waals surface area contributed by atoms with E-state index in [1.165, 1.54) is 0 Å².